The Morgan fingerprint density at radius 1 is 1.44 bits per heavy atom. The third-order valence-electron chi connectivity index (χ3n) is 3.80. The fourth-order valence-electron chi connectivity index (χ4n) is 2.32. The van der Waals surface area contributed by atoms with Crippen LogP contribution in [-0.4, -0.2) is 38.3 Å². The number of aromatic nitrogens is 1. The third kappa shape index (κ3) is 3.00. The largest absolute Gasteiger partial charge is 0.381 e. The van der Waals surface area contributed by atoms with Crippen molar-refractivity contribution in [2.24, 2.45) is 0 Å². The molecule has 1 aromatic heterocycles. The molecule has 18 heavy (non-hydrogen) atoms. The average Bonchev–Trinajstić information content (AvgIpc) is 2.46. The first-order valence-electron chi connectivity index (χ1n) is 6.66. The van der Waals surface area contributed by atoms with Crippen molar-refractivity contribution in [3.05, 3.63) is 23.9 Å². The minimum atomic E-state index is 0.356. The SMILES string of the molecule is CNC(C)c1ccnc(N(C)C2CCOCC2)c1. The molecule has 1 atom stereocenters. The van der Waals surface area contributed by atoms with Crippen LogP contribution in [0.3, 0.4) is 0 Å². The van der Waals surface area contributed by atoms with E-state index in [0.717, 1.165) is 31.9 Å². The van der Waals surface area contributed by atoms with E-state index < -0.39 is 0 Å². The smallest absolute Gasteiger partial charge is 0.128 e. The summed E-state index contributed by atoms with van der Waals surface area (Å²) in [6.45, 7) is 3.89. The van der Waals surface area contributed by atoms with Crippen molar-refractivity contribution in [2.45, 2.75) is 31.8 Å². The van der Waals surface area contributed by atoms with Gasteiger partial charge in [-0.1, -0.05) is 0 Å². The quantitative estimate of drug-likeness (QED) is 0.885. The van der Waals surface area contributed by atoms with Crippen LogP contribution >= 0.6 is 0 Å². The molecule has 4 nitrogen and oxygen atoms in total. The van der Waals surface area contributed by atoms with Crippen LogP contribution in [0, 0.1) is 0 Å². The normalized spacial score (nSPS) is 18.6. The summed E-state index contributed by atoms with van der Waals surface area (Å²) in [6, 6.07) is 5.15. The van der Waals surface area contributed by atoms with Gasteiger partial charge in [-0.2, -0.15) is 0 Å². The number of rotatable bonds is 4. The summed E-state index contributed by atoms with van der Waals surface area (Å²) in [6.07, 6.45) is 4.07. The maximum atomic E-state index is 5.41. The van der Waals surface area contributed by atoms with E-state index in [2.05, 4.69) is 41.3 Å². The van der Waals surface area contributed by atoms with Crippen LogP contribution in [0.4, 0.5) is 5.82 Å². The molecule has 0 radical (unpaired) electrons. The Labute approximate surface area is 109 Å². The van der Waals surface area contributed by atoms with Gasteiger partial charge in [0, 0.05) is 38.5 Å². The summed E-state index contributed by atoms with van der Waals surface area (Å²) in [7, 11) is 4.11. The van der Waals surface area contributed by atoms with Gasteiger partial charge in [0.05, 0.1) is 0 Å². The minimum Gasteiger partial charge on any atom is -0.381 e. The van der Waals surface area contributed by atoms with Crippen LogP contribution in [-0.2, 0) is 4.74 Å². The van der Waals surface area contributed by atoms with Gasteiger partial charge in [-0.3, -0.25) is 0 Å². The second-order valence-electron chi connectivity index (χ2n) is 4.91. The van der Waals surface area contributed by atoms with Crippen molar-refractivity contribution in [1.82, 2.24) is 10.3 Å². The molecule has 1 saturated heterocycles. The molecule has 0 saturated carbocycles. The van der Waals surface area contributed by atoms with E-state index in [1.54, 1.807) is 0 Å². The maximum absolute atomic E-state index is 5.41. The Morgan fingerprint density at radius 2 is 2.17 bits per heavy atom. The predicted octanol–water partition coefficient (Wildman–Crippen LogP) is 1.98. The molecule has 1 aliphatic rings. The molecule has 2 rings (SSSR count). The van der Waals surface area contributed by atoms with E-state index in [1.165, 1.54) is 5.56 Å². The number of hydrogen-bond donors (Lipinski definition) is 1. The topological polar surface area (TPSA) is 37.4 Å². The third-order valence-corrected chi connectivity index (χ3v) is 3.80. The Kier molecular flexibility index (Phi) is 4.55. The molecule has 0 spiro atoms. The number of ether oxygens (including phenoxy) is 1. The highest BCUT2D eigenvalue weighted by Gasteiger charge is 2.19. The molecular formula is C14H23N3O. The number of pyridine rings is 1. The van der Waals surface area contributed by atoms with E-state index in [4.69, 9.17) is 4.74 Å². The van der Waals surface area contributed by atoms with Crippen LogP contribution in [0.25, 0.3) is 0 Å². The Bertz CT molecular complexity index is 377. The molecule has 1 aliphatic heterocycles. The molecule has 0 aromatic carbocycles. The summed E-state index contributed by atoms with van der Waals surface area (Å²) in [4.78, 5) is 6.77. The van der Waals surface area contributed by atoms with Gasteiger partial charge in [-0.05, 0) is 44.5 Å². The molecule has 1 N–H and O–H groups in total. The van der Waals surface area contributed by atoms with E-state index in [1.807, 2.05) is 13.2 Å². The second kappa shape index (κ2) is 6.16. The molecule has 0 aliphatic carbocycles. The van der Waals surface area contributed by atoms with Gasteiger partial charge in [-0.25, -0.2) is 4.98 Å². The van der Waals surface area contributed by atoms with Gasteiger partial charge in [0.25, 0.3) is 0 Å². The molecule has 100 valence electrons. The molecule has 0 amide bonds. The summed E-state index contributed by atoms with van der Waals surface area (Å²) in [5.74, 6) is 1.06. The lowest BCUT2D eigenvalue weighted by Gasteiger charge is -2.32. The molecule has 1 unspecified atom stereocenters. The highest BCUT2D eigenvalue weighted by molar-refractivity contribution is 5.42. The minimum absolute atomic E-state index is 0.356. The number of nitrogens with one attached hydrogen (secondary N) is 1. The lowest BCUT2D eigenvalue weighted by molar-refractivity contribution is 0.0853. The molecule has 1 aromatic rings. The van der Waals surface area contributed by atoms with Crippen LogP contribution < -0.4 is 10.2 Å². The van der Waals surface area contributed by atoms with Crippen molar-refractivity contribution in [3.8, 4) is 0 Å². The lowest BCUT2D eigenvalue weighted by Crippen LogP contribution is -2.37. The Morgan fingerprint density at radius 3 is 2.83 bits per heavy atom. The monoisotopic (exact) mass is 249 g/mol. The van der Waals surface area contributed by atoms with Crippen molar-refractivity contribution in [3.63, 3.8) is 0 Å². The average molecular weight is 249 g/mol. The molecule has 0 bridgehead atoms. The molecule has 4 heteroatoms. The zero-order valence-corrected chi connectivity index (χ0v) is 11.5. The number of nitrogens with zero attached hydrogens (tertiary/aromatic N) is 2. The van der Waals surface area contributed by atoms with Crippen molar-refractivity contribution < 1.29 is 4.74 Å². The summed E-state index contributed by atoms with van der Waals surface area (Å²) >= 11 is 0. The lowest BCUT2D eigenvalue weighted by atomic mass is 10.1. The molecule has 2 heterocycles. The van der Waals surface area contributed by atoms with Gasteiger partial charge < -0.3 is 15.0 Å². The zero-order chi connectivity index (χ0) is 13.0. The highest BCUT2D eigenvalue weighted by Crippen LogP contribution is 2.22. The van der Waals surface area contributed by atoms with Gasteiger partial charge in [0.1, 0.15) is 5.82 Å². The standard InChI is InChI=1S/C14H23N3O/c1-11(15-2)12-4-7-16-14(10-12)17(3)13-5-8-18-9-6-13/h4,7,10-11,13,15H,5-6,8-9H2,1-3H3. The van der Waals surface area contributed by atoms with Gasteiger partial charge in [-0.15, -0.1) is 0 Å². The van der Waals surface area contributed by atoms with E-state index in [-0.39, 0.29) is 0 Å². The summed E-state index contributed by atoms with van der Waals surface area (Å²) in [5.41, 5.74) is 1.28. The van der Waals surface area contributed by atoms with Crippen molar-refractivity contribution in [1.29, 1.82) is 0 Å². The first kappa shape index (κ1) is 13.3. The fourth-order valence-corrected chi connectivity index (χ4v) is 2.32. The Balaban J connectivity index is 2.11. The van der Waals surface area contributed by atoms with E-state index in [0.29, 0.717) is 12.1 Å². The van der Waals surface area contributed by atoms with E-state index in [9.17, 15) is 0 Å². The number of anilines is 1. The fraction of sp³-hybridized carbons (Fsp3) is 0.643. The maximum Gasteiger partial charge on any atom is 0.128 e. The molecule has 1 fully saturated rings. The van der Waals surface area contributed by atoms with Crippen LogP contribution in [0.15, 0.2) is 18.3 Å². The first-order chi connectivity index (χ1) is 8.72. The van der Waals surface area contributed by atoms with Crippen LogP contribution in [0.1, 0.15) is 31.4 Å². The van der Waals surface area contributed by atoms with Crippen LogP contribution in [0.5, 0.6) is 0 Å². The van der Waals surface area contributed by atoms with Gasteiger partial charge in [0.15, 0.2) is 0 Å². The van der Waals surface area contributed by atoms with Gasteiger partial charge >= 0.3 is 0 Å². The van der Waals surface area contributed by atoms with E-state index >= 15 is 0 Å². The van der Waals surface area contributed by atoms with Crippen LogP contribution in [0.2, 0.25) is 0 Å². The second-order valence-corrected chi connectivity index (χ2v) is 4.91. The van der Waals surface area contributed by atoms with Crippen molar-refractivity contribution >= 4 is 5.82 Å². The van der Waals surface area contributed by atoms with Gasteiger partial charge in [0.2, 0.25) is 0 Å². The Hall–Kier alpha value is -1.13. The summed E-state index contributed by atoms with van der Waals surface area (Å²) in [5, 5.41) is 3.26. The first-order valence-corrected chi connectivity index (χ1v) is 6.66. The highest BCUT2D eigenvalue weighted by atomic mass is 16.5. The number of hydrogen-bond acceptors (Lipinski definition) is 4. The van der Waals surface area contributed by atoms with Crippen molar-refractivity contribution in [2.75, 3.05) is 32.2 Å². The molecular weight excluding hydrogens is 226 g/mol. The summed E-state index contributed by atoms with van der Waals surface area (Å²) < 4.78 is 5.41. The zero-order valence-electron chi connectivity index (χ0n) is 11.5. The predicted molar refractivity (Wildman–Crippen MR) is 74.0 cm³/mol.